The summed E-state index contributed by atoms with van der Waals surface area (Å²) in [6, 6.07) is 7.67. The summed E-state index contributed by atoms with van der Waals surface area (Å²) in [4.78, 5) is 12.1. The van der Waals surface area contributed by atoms with Gasteiger partial charge in [-0.25, -0.2) is 0 Å². The summed E-state index contributed by atoms with van der Waals surface area (Å²) in [7, 11) is 1.90. The van der Waals surface area contributed by atoms with Crippen molar-refractivity contribution in [1.82, 2.24) is 20.1 Å². The van der Waals surface area contributed by atoms with Crippen LogP contribution in [0.1, 0.15) is 6.92 Å². The second kappa shape index (κ2) is 5.65. The van der Waals surface area contributed by atoms with Crippen molar-refractivity contribution in [3.05, 3.63) is 30.6 Å². The van der Waals surface area contributed by atoms with Crippen LogP contribution in [0.5, 0.6) is 0 Å². The number of hydrogen-bond donors (Lipinski definition) is 2. The van der Waals surface area contributed by atoms with E-state index in [1.807, 2.05) is 42.8 Å². The highest BCUT2D eigenvalue weighted by atomic mass is 16.1. The Morgan fingerprint density at radius 1 is 1.38 bits per heavy atom. The Hall–Kier alpha value is -2.21. The van der Waals surface area contributed by atoms with E-state index >= 15 is 0 Å². The van der Waals surface area contributed by atoms with Crippen molar-refractivity contribution in [1.29, 1.82) is 0 Å². The summed E-state index contributed by atoms with van der Waals surface area (Å²) in [5, 5.41) is 14.1. The molecule has 0 bridgehead atoms. The third-order valence-electron chi connectivity index (χ3n) is 4.06. The van der Waals surface area contributed by atoms with Gasteiger partial charge >= 0.3 is 0 Å². The fraction of sp³-hybridized carbons (Fsp3) is 0.400. The van der Waals surface area contributed by atoms with Crippen LogP contribution < -0.4 is 10.6 Å². The Kier molecular flexibility index (Phi) is 3.70. The summed E-state index contributed by atoms with van der Waals surface area (Å²) >= 11 is 0. The second-order valence-electron chi connectivity index (χ2n) is 5.54. The van der Waals surface area contributed by atoms with Gasteiger partial charge in [-0.2, -0.15) is 0 Å². The van der Waals surface area contributed by atoms with E-state index in [1.54, 1.807) is 6.33 Å². The van der Waals surface area contributed by atoms with Crippen LogP contribution in [0.25, 0.3) is 11.4 Å². The fourth-order valence-corrected chi connectivity index (χ4v) is 2.38. The van der Waals surface area contributed by atoms with Gasteiger partial charge < -0.3 is 15.2 Å². The Labute approximate surface area is 123 Å². The highest BCUT2D eigenvalue weighted by molar-refractivity contribution is 5.92. The van der Waals surface area contributed by atoms with Crippen molar-refractivity contribution < 1.29 is 4.79 Å². The van der Waals surface area contributed by atoms with Crippen molar-refractivity contribution >= 4 is 11.6 Å². The lowest BCUT2D eigenvalue weighted by atomic mass is 9.88. The highest BCUT2D eigenvalue weighted by Gasteiger charge is 2.28. The normalized spacial score (nSPS) is 16.3. The van der Waals surface area contributed by atoms with Gasteiger partial charge in [0, 0.05) is 24.2 Å². The molecule has 1 fully saturated rings. The molecule has 1 aliphatic heterocycles. The van der Waals surface area contributed by atoms with E-state index in [1.165, 1.54) is 0 Å². The SMILES string of the molecule is CC(C(=O)Nc1ccc(-c2nncn2C)cc1)C1CNC1. The van der Waals surface area contributed by atoms with E-state index in [4.69, 9.17) is 0 Å². The van der Waals surface area contributed by atoms with Crippen LogP contribution >= 0.6 is 0 Å². The van der Waals surface area contributed by atoms with Crippen LogP contribution in [0.3, 0.4) is 0 Å². The smallest absolute Gasteiger partial charge is 0.227 e. The Balaban J connectivity index is 1.67. The van der Waals surface area contributed by atoms with Crippen molar-refractivity contribution in [2.75, 3.05) is 18.4 Å². The van der Waals surface area contributed by atoms with E-state index < -0.39 is 0 Å². The van der Waals surface area contributed by atoms with Gasteiger partial charge in [0.2, 0.25) is 5.91 Å². The number of carbonyl (C=O) groups excluding carboxylic acids is 1. The molecule has 2 N–H and O–H groups in total. The first kappa shape index (κ1) is 13.8. The number of benzene rings is 1. The molecule has 3 rings (SSSR count). The predicted octanol–water partition coefficient (Wildman–Crippen LogP) is 1.28. The summed E-state index contributed by atoms with van der Waals surface area (Å²) in [5.74, 6) is 1.36. The van der Waals surface area contributed by atoms with E-state index in [9.17, 15) is 4.79 Å². The lowest BCUT2D eigenvalue weighted by Gasteiger charge is -2.31. The molecule has 0 radical (unpaired) electrons. The van der Waals surface area contributed by atoms with Gasteiger partial charge in [0.05, 0.1) is 0 Å². The molecule has 1 atom stereocenters. The molecule has 1 saturated heterocycles. The summed E-state index contributed by atoms with van der Waals surface area (Å²) in [6.07, 6.45) is 1.67. The van der Waals surface area contributed by atoms with Crippen LogP contribution in [0.2, 0.25) is 0 Å². The summed E-state index contributed by atoms with van der Waals surface area (Å²) < 4.78 is 1.86. The zero-order chi connectivity index (χ0) is 14.8. The number of anilines is 1. The van der Waals surface area contributed by atoms with Gasteiger partial charge in [-0.15, -0.1) is 10.2 Å². The Morgan fingerprint density at radius 3 is 2.62 bits per heavy atom. The topological polar surface area (TPSA) is 71.8 Å². The average Bonchev–Trinajstić information content (AvgIpc) is 2.84. The molecule has 1 aromatic heterocycles. The number of nitrogens with one attached hydrogen (secondary N) is 2. The van der Waals surface area contributed by atoms with Crippen LogP contribution in [-0.4, -0.2) is 33.8 Å². The molecule has 0 spiro atoms. The zero-order valence-electron chi connectivity index (χ0n) is 12.2. The molecule has 21 heavy (non-hydrogen) atoms. The van der Waals surface area contributed by atoms with E-state index in [-0.39, 0.29) is 11.8 Å². The molecule has 6 heteroatoms. The quantitative estimate of drug-likeness (QED) is 0.887. The molecule has 110 valence electrons. The number of rotatable bonds is 4. The third kappa shape index (κ3) is 2.80. The van der Waals surface area contributed by atoms with Crippen LogP contribution in [0, 0.1) is 11.8 Å². The maximum atomic E-state index is 12.1. The number of nitrogens with zero attached hydrogens (tertiary/aromatic N) is 3. The van der Waals surface area contributed by atoms with Crippen molar-refractivity contribution in [2.45, 2.75) is 6.92 Å². The number of hydrogen-bond acceptors (Lipinski definition) is 4. The van der Waals surface area contributed by atoms with Gasteiger partial charge in [-0.05, 0) is 43.3 Å². The second-order valence-corrected chi connectivity index (χ2v) is 5.54. The molecular weight excluding hydrogens is 266 g/mol. The summed E-state index contributed by atoms with van der Waals surface area (Å²) in [6.45, 7) is 3.84. The lowest BCUT2D eigenvalue weighted by Crippen LogP contribution is -2.48. The number of aryl methyl sites for hydroxylation is 1. The first-order valence-corrected chi connectivity index (χ1v) is 7.11. The predicted molar refractivity (Wildman–Crippen MR) is 80.6 cm³/mol. The van der Waals surface area contributed by atoms with Gasteiger partial charge in [0.25, 0.3) is 0 Å². The van der Waals surface area contributed by atoms with Crippen molar-refractivity contribution in [3.8, 4) is 11.4 Å². The number of carbonyl (C=O) groups is 1. The van der Waals surface area contributed by atoms with Gasteiger partial charge in [0.1, 0.15) is 6.33 Å². The Bertz CT molecular complexity index is 630. The first-order valence-electron chi connectivity index (χ1n) is 7.11. The molecule has 2 aromatic rings. The molecule has 2 heterocycles. The largest absolute Gasteiger partial charge is 0.326 e. The van der Waals surface area contributed by atoms with Crippen LogP contribution in [0.15, 0.2) is 30.6 Å². The molecule has 1 amide bonds. The molecule has 1 aromatic carbocycles. The number of aromatic nitrogens is 3. The van der Waals surface area contributed by atoms with Crippen molar-refractivity contribution in [2.24, 2.45) is 18.9 Å². The third-order valence-corrected chi connectivity index (χ3v) is 4.06. The van der Waals surface area contributed by atoms with Gasteiger partial charge in [-0.1, -0.05) is 6.92 Å². The van der Waals surface area contributed by atoms with Gasteiger partial charge in [0.15, 0.2) is 5.82 Å². The minimum atomic E-state index is 0.0321. The monoisotopic (exact) mass is 285 g/mol. The van der Waals surface area contributed by atoms with Gasteiger partial charge in [-0.3, -0.25) is 4.79 Å². The van der Waals surface area contributed by atoms with Crippen LogP contribution in [-0.2, 0) is 11.8 Å². The minimum absolute atomic E-state index is 0.0321. The average molecular weight is 285 g/mol. The summed E-state index contributed by atoms with van der Waals surface area (Å²) in [5.41, 5.74) is 1.79. The molecular formula is C15H19N5O. The maximum Gasteiger partial charge on any atom is 0.227 e. The van der Waals surface area contributed by atoms with E-state index in [0.29, 0.717) is 5.92 Å². The minimum Gasteiger partial charge on any atom is -0.326 e. The molecule has 1 aliphatic rings. The number of amides is 1. The maximum absolute atomic E-state index is 12.1. The zero-order valence-corrected chi connectivity index (χ0v) is 12.2. The van der Waals surface area contributed by atoms with E-state index in [2.05, 4.69) is 20.8 Å². The first-order chi connectivity index (χ1) is 10.1. The highest BCUT2D eigenvalue weighted by Crippen LogP contribution is 2.21. The molecule has 6 nitrogen and oxygen atoms in total. The van der Waals surface area contributed by atoms with E-state index in [0.717, 1.165) is 30.2 Å². The van der Waals surface area contributed by atoms with Crippen molar-refractivity contribution in [3.63, 3.8) is 0 Å². The fourth-order valence-electron chi connectivity index (χ4n) is 2.38. The molecule has 0 saturated carbocycles. The standard InChI is InChI=1S/C15H19N5O/c1-10(12-7-16-8-12)15(21)18-13-5-3-11(4-6-13)14-19-17-9-20(14)2/h3-6,9-10,12,16H,7-8H2,1-2H3,(H,18,21). The Morgan fingerprint density at radius 2 is 2.10 bits per heavy atom. The molecule has 1 unspecified atom stereocenters. The lowest BCUT2D eigenvalue weighted by molar-refractivity contribution is -0.121. The molecule has 0 aliphatic carbocycles. The van der Waals surface area contributed by atoms with Crippen LogP contribution in [0.4, 0.5) is 5.69 Å².